The molecule has 0 saturated heterocycles. The fraction of sp³-hybridized carbons (Fsp3) is 0.467. The summed E-state index contributed by atoms with van der Waals surface area (Å²) in [4.78, 5) is 24.7. The molecule has 0 aliphatic carbocycles. The summed E-state index contributed by atoms with van der Waals surface area (Å²) in [5.41, 5.74) is 0.855. The lowest BCUT2D eigenvalue weighted by Gasteiger charge is -2.30. The predicted molar refractivity (Wildman–Crippen MR) is 78.8 cm³/mol. The quantitative estimate of drug-likeness (QED) is 0.762. The van der Waals surface area contributed by atoms with Gasteiger partial charge in [-0.15, -0.1) is 0 Å². The molecule has 20 heavy (non-hydrogen) atoms. The van der Waals surface area contributed by atoms with Crippen LogP contribution in [0.4, 0.5) is 5.69 Å². The maximum absolute atomic E-state index is 12.1. The van der Waals surface area contributed by atoms with E-state index in [2.05, 4.69) is 5.32 Å². The molecule has 0 aliphatic rings. The molecule has 0 fully saturated rings. The van der Waals surface area contributed by atoms with Gasteiger partial charge in [-0.25, -0.2) is 0 Å². The molecule has 2 N–H and O–H groups in total. The average molecular weight is 278 g/mol. The van der Waals surface area contributed by atoms with Crippen LogP contribution in [-0.4, -0.2) is 36.1 Å². The van der Waals surface area contributed by atoms with E-state index in [1.807, 2.05) is 42.2 Å². The molecule has 1 rings (SSSR count). The van der Waals surface area contributed by atoms with E-state index in [9.17, 15) is 9.59 Å². The highest BCUT2D eigenvalue weighted by atomic mass is 16.4. The Kier molecular flexibility index (Phi) is 6.56. The smallest absolute Gasteiger partial charge is 0.305 e. The molecular formula is C15H22N2O3. The molecule has 1 aromatic carbocycles. The third-order valence-electron chi connectivity index (χ3n) is 3.05. The normalized spacial score (nSPS) is 11.7. The van der Waals surface area contributed by atoms with Gasteiger partial charge in [-0.2, -0.15) is 0 Å². The summed E-state index contributed by atoms with van der Waals surface area (Å²) in [6, 6.07) is 9.00. The van der Waals surface area contributed by atoms with E-state index in [1.165, 1.54) is 0 Å². The second kappa shape index (κ2) is 8.19. The van der Waals surface area contributed by atoms with Crippen molar-refractivity contribution in [2.24, 2.45) is 0 Å². The van der Waals surface area contributed by atoms with Crippen molar-refractivity contribution < 1.29 is 14.7 Å². The van der Waals surface area contributed by atoms with Crippen molar-refractivity contribution in [1.82, 2.24) is 5.32 Å². The van der Waals surface area contributed by atoms with Gasteiger partial charge in [0.1, 0.15) is 6.04 Å². The number of nitrogens with zero attached hydrogens (tertiary/aromatic N) is 1. The van der Waals surface area contributed by atoms with E-state index in [-0.39, 0.29) is 12.3 Å². The zero-order valence-electron chi connectivity index (χ0n) is 12.0. The number of amides is 1. The molecule has 5 heteroatoms. The molecule has 0 radical (unpaired) electrons. The van der Waals surface area contributed by atoms with Crippen LogP contribution < -0.4 is 10.2 Å². The third kappa shape index (κ3) is 4.91. The molecule has 0 heterocycles. The van der Waals surface area contributed by atoms with E-state index in [0.29, 0.717) is 13.1 Å². The van der Waals surface area contributed by atoms with E-state index in [0.717, 1.165) is 12.1 Å². The van der Waals surface area contributed by atoms with Crippen LogP contribution >= 0.6 is 0 Å². The van der Waals surface area contributed by atoms with Crippen LogP contribution in [0, 0.1) is 0 Å². The standard InChI is InChI=1S/C15H22N2O3/c1-3-10-16-15(20)12(2)17(11-9-14(18)19)13-7-5-4-6-8-13/h4-8,12H,3,9-11H2,1-2H3,(H,16,20)(H,18,19). The van der Waals surface area contributed by atoms with E-state index >= 15 is 0 Å². The summed E-state index contributed by atoms with van der Waals surface area (Å²) in [6.45, 7) is 4.72. The second-order valence-electron chi connectivity index (χ2n) is 4.64. The number of nitrogens with one attached hydrogen (secondary N) is 1. The molecule has 0 saturated carbocycles. The molecule has 0 spiro atoms. The number of aliphatic carboxylic acids is 1. The first-order chi connectivity index (χ1) is 9.56. The Bertz CT molecular complexity index is 434. The van der Waals surface area contributed by atoms with Crippen LogP contribution in [0.25, 0.3) is 0 Å². The van der Waals surface area contributed by atoms with Crippen LogP contribution in [-0.2, 0) is 9.59 Å². The maximum Gasteiger partial charge on any atom is 0.305 e. The Labute approximate surface area is 119 Å². The molecule has 110 valence electrons. The largest absolute Gasteiger partial charge is 0.481 e. The summed E-state index contributed by atoms with van der Waals surface area (Å²) >= 11 is 0. The molecule has 1 atom stereocenters. The maximum atomic E-state index is 12.1. The van der Waals surface area contributed by atoms with Gasteiger partial charge in [0, 0.05) is 18.8 Å². The van der Waals surface area contributed by atoms with Gasteiger partial charge in [-0.1, -0.05) is 25.1 Å². The van der Waals surface area contributed by atoms with E-state index in [4.69, 9.17) is 5.11 Å². The average Bonchev–Trinajstić information content (AvgIpc) is 2.45. The third-order valence-corrected chi connectivity index (χ3v) is 3.05. The Morgan fingerprint density at radius 1 is 1.30 bits per heavy atom. The number of carbonyl (C=O) groups is 2. The molecule has 1 amide bonds. The minimum absolute atomic E-state index is 0.000290. The zero-order valence-corrected chi connectivity index (χ0v) is 12.0. The van der Waals surface area contributed by atoms with Crippen molar-refractivity contribution in [1.29, 1.82) is 0 Å². The number of carbonyl (C=O) groups excluding carboxylic acids is 1. The number of benzene rings is 1. The molecule has 0 bridgehead atoms. The highest BCUT2D eigenvalue weighted by molar-refractivity contribution is 5.85. The van der Waals surface area contributed by atoms with Gasteiger partial charge in [0.15, 0.2) is 0 Å². The monoisotopic (exact) mass is 278 g/mol. The summed E-state index contributed by atoms with van der Waals surface area (Å²) in [5.74, 6) is -0.951. The lowest BCUT2D eigenvalue weighted by Crippen LogP contribution is -2.46. The Morgan fingerprint density at radius 3 is 2.50 bits per heavy atom. The van der Waals surface area contributed by atoms with Crippen LogP contribution in [0.3, 0.4) is 0 Å². The first-order valence-corrected chi connectivity index (χ1v) is 6.87. The minimum Gasteiger partial charge on any atom is -0.481 e. The topological polar surface area (TPSA) is 69.6 Å². The SMILES string of the molecule is CCCNC(=O)C(C)N(CCC(=O)O)c1ccccc1. The van der Waals surface area contributed by atoms with Crippen LogP contribution in [0.2, 0.25) is 0 Å². The van der Waals surface area contributed by atoms with Crippen molar-refractivity contribution in [2.45, 2.75) is 32.7 Å². The first-order valence-electron chi connectivity index (χ1n) is 6.87. The Hall–Kier alpha value is -2.04. The zero-order chi connectivity index (χ0) is 15.0. The molecular weight excluding hydrogens is 256 g/mol. The van der Waals surface area contributed by atoms with Gasteiger partial charge < -0.3 is 15.3 Å². The van der Waals surface area contributed by atoms with Gasteiger partial charge >= 0.3 is 5.97 Å². The molecule has 0 aliphatic heterocycles. The van der Waals surface area contributed by atoms with Crippen molar-refractivity contribution in [3.63, 3.8) is 0 Å². The Morgan fingerprint density at radius 2 is 1.95 bits per heavy atom. The van der Waals surface area contributed by atoms with Gasteiger partial charge in [0.05, 0.1) is 6.42 Å². The van der Waals surface area contributed by atoms with Gasteiger partial charge in [-0.3, -0.25) is 9.59 Å². The molecule has 0 aromatic heterocycles. The summed E-state index contributed by atoms with van der Waals surface area (Å²) in [6.07, 6.45) is 0.874. The van der Waals surface area contributed by atoms with Crippen LogP contribution in [0.5, 0.6) is 0 Å². The lowest BCUT2D eigenvalue weighted by molar-refractivity contribution is -0.137. The van der Waals surface area contributed by atoms with Crippen molar-refractivity contribution in [3.8, 4) is 0 Å². The predicted octanol–water partition coefficient (Wildman–Crippen LogP) is 1.88. The number of carboxylic acids is 1. The highest BCUT2D eigenvalue weighted by Gasteiger charge is 2.21. The molecule has 5 nitrogen and oxygen atoms in total. The molecule has 1 unspecified atom stereocenters. The van der Waals surface area contributed by atoms with Crippen LogP contribution in [0.15, 0.2) is 30.3 Å². The van der Waals surface area contributed by atoms with Crippen molar-refractivity contribution >= 4 is 17.6 Å². The van der Waals surface area contributed by atoms with E-state index < -0.39 is 12.0 Å². The summed E-state index contributed by atoms with van der Waals surface area (Å²) < 4.78 is 0. The van der Waals surface area contributed by atoms with E-state index in [1.54, 1.807) is 6.92 Å². The van der Waals surface area contributed by atoms with Crippen LogP contribution in [0.1, 0.15) is 26.7 Å². The molecule has 1 aromatic rings. The Balaban J connectivity index is 2.81. The number of anilines is 1. The summed E-state index contributed by atoms with van der Waals surface area (Å²) in [7, 11) is 0. The lowest BCUT2D eigenvalue weighted by atomic mass is 10.2. The number of hydrogen-bond acceptors (Lipinski definition) is 3. The van der Waals surface area contributed by atoms with Crippen molar-refractivity contribution in [2.75, 3.05) is 18.0 Å². The fourth-order valence-corrected chi connectivity index (χ4v) is 1.92. The number of hydrogen-bond donors (Lipinski definition) is 2. The van der Waals surface area contributed by atoms with Gasteiger partial charge in [-0.05, 0) is 25.5 Å². The second-order valence-corrected chi connectivity index (χ2v) is 4.64. The van der Waals surface area contributed by atoms with Gasteiger partial charge in [0.2, 0.25) is 5.91 Å². The first kappa shape index (κ1) is 16.0. The minimum atomic E-state index is -0.868. The van der Waals surface area contributed by atoms with Gasteiger partial charge in [0.25, 0.3) is 0 Å². The number of carboxylic acid groups (broad SMARTS) is 1. The highest BCUT2D eigenvalue weighted by Crippen LogP contribution is 2.17. The number of rotatable bonds is 8. The fourth-order valence-electron chi connectivity index (χ4n) is 1.92. The summed E-state index contributed by atoms with van der Waals surface area (Å²) in [5, 5.41) is 11.7. The number of para-hydroxylation sites is 1. The van der Waals surface area contributed by atoms with Crippen molar-refractivity contribution in [3.05, 3.63) is 30.3 Å².